The first-order valence-corrected chi connectivity index (χ1v) is 7.15. The van der Waals surface area contributed by atoms with Crippen LogP contribution < -0.4 is 5.32 Å². The Hall–Kier alpha value is -1.09. The first-order chi connectivity index (χ1) is 8.88. The van der Waals surface area contributed by atoms with Gasteiger partial charge in [0.1, 0.15) is 5.82 Å². The van der Waals surface area contributed by atoms with Crippen LogP contribution in [-0.4, -0.2) is 18.1 Å². The molecule has 1 aliphatic rings. The third-order valence-electron chi connectivity index (χ3n) is 3.53. The number of nitrogens with zero attached hydrogens (tertiary/aromatic N) is 1. The van der Waals surface area contributed by atoms with Crippen molar-refractivity contribution < 1.29 is 4.74 Å². The molecule has 1 fully saturated rings. The van der Waals surface area contributed by atoms with E-state index < -0.39 is 0 Å². The number of rotatable bonds is 6. The predicted octanol–water partition coefficient (Wildman–Crippen LogP) is 3.61. The molecule has 0 saturated heterocycles. The number of anilines is 1. The summed E-state index contributed by atoms with van der Waals surface area (Å²) in [6.45, 7) is 4.60. The van der Waals surface area contributed by atoms with E-state index >= 15 is 0 Å². The zero-order chi connectivity index (χ0) is 12.6. The van der Waals surface area contributed by atoms with Gasteiger partial charge in [0.05, 0.1) is 6.61 Å². The number of hydrogen-bond acceptors (Lipinski definition) is 3. The summed E-state index contributed by atoms with van der Waals surface area (Å²) < 4.78 is 5.84. The second-order valence-corrected chi connectivity index (χ2v) is 5.10. The second kappa shape index (κ2) is 7.37. The Morgan fingerprint density at radius 1 is 1.33 bits per heavy atom. The lowest BCUT2D eigenvalue weighted by molar-refractivity contribution is 0.0739. The SMILES string of the molecule is CCNc1cc(COCC2CCCCC2)ccn1. The van der Waals surface area contributed by atoms with Crippen LogP contribution in [0.25, 0.3) is 0 Å². The molecule has 2 rings (SSSR count). The van der Waals surface area contributed by atoms with E-state index in [1.807, 2.05) is 12.3 Å². The Morgan fingerprint density at radius 3 is 2.94 bits per heavy atom. The van der Waals surface area contributed by atoms with Gasteiger partial charge in [0.25, 0.3) is 0 Å². The molecule has 3 heteroatoms. The van der Waals surface area contributed by atoms with Crippen molar-refractivity contribution in [2.24, 2.45) is 5.92 Å². The van der Waals surface area contributed by atoms with Gasteiger partial charge in [-0.2, -0.15) is 0 Å². The van der Waals surface area contributed by atoms with Gasteiger partial charge in [-0.25, -0.2) is 4.98 Å². The maximum atomic E-state index is 5.84. The number of hydrogen-bond donors (Lipinski definition) is 1. The lowest BCUT2D eigenvalue weighted by Gasteiger charge is -2.21. The first-order valence-electron chi connectivity index (χ1n) is 7.15. The summed E-state index contributed by atoms with van der Waals surface area (Å²) in [6, 6.07) is 4.10. The molecule has 0 unspecified atom stereocenters. The van der Waals surface area contributed by atoms with Crippen molar-refractivity contribution in [3.05, 3.63) is 23.9 Å². The smallest absolute Gasteiger partial charge is 0.126 e. The Labute approximate surface area is 110 Å². The van der Waals surface area contributed by atoms with Crippen LogP contribution in [0.3, 0.4) is 0 Å². The molecule has 1 aliphatic carbocycles. The van der Waals surface area contributed by atoms with Crippen LogP contribution in [0.1, 0.15) is 44.6 Å². The highest BCUT2D eigenvalue weighted by Gasteiger charge is 2.13. The highest BCUT2D eigenvalue weighted by Crippen LogP contribution is 2.24. The largest absolute Gasteiger partial charge is 0.376 e. The van der Waals surface area contributed by atoms with Crippen molar-refractivity contribution >= 4 is 5.82 Å². The third-order valence-corrected chi connectivity index (χ3v) is 3.53. The van der Waals surface area contributed by atoms with Crippen molar-refractivity contribution in [2.45, 2.75) is 45.6 Å². The van der Waals surface area contributed by atoms with Gasteiger partial charge in [-0.3, -0.25) is 0 Å². The fraction of sp³-hybridized carbons (Fsp3) is 0.667. The van der Waals surface area contributed by atoms with Crippen molar-refractivity contribution in [3.63, 3.8) is 0 Å². The highest BCUT2D eigenvalue weighted by atomic mass is 16.5. The summed E-state index contributed by atoms with van der Waals surface area (Å²) in [6.07, 6.45) is 8.71. The molecule has 1 heterocycles. The standard InChI is InChI=1S/C15H24N2O/c1-2-16-15-10-14(8-9-17-15)12-18-11-13-6-4-3-5-7-13/h8-10,13H,2-7,11-12H2,1H3,(H,16,17). The molecule has 0 amide bonds. The van der Waals surface area contributed by atoms with Crippen molar-refractivity contribution in [2.75, 3.05) is 18.5 Å². The number of pyridine rings is 1. The zero-order valence-corrected chi connectivity index (χ0v) is 11.3. The van der Waals surface area contributed by atoms with E-state index in [4.69, 9.17) is 4.74 Å². The van der Waals surface area contributed by atoms with E-state index in [1.54, 1.807) is 0 Å². The van der Waals surface area contributed by atoms with Gasteiger partial charge in [0.2, 0.25) is 0 Å². The average molecular weight is 248 g/mol. The Balaban J connectivity index is 1.73. The maximum absolute atomic E-state index is 5.84. The van der Waals surface area contributed by atoms with Crippen LogP contribution in [0.4, 0.5) is 5.82 Å². The molecular weight excluding hydrogens is 224 g/mol. The summed E-state index contributed by atoms with van der Waals surface area (Å²) >= 11 is 0. The van der Waals surface area contributed by atoms with E-state index in [2.05, 4.69) is 23.3 Å². The molecular formula is C15H24N2O. The average Bonchev–Trinajstić information content (AvgIpc) is 2.41. The minimum absolute atomic E-state index is 0.706. The summed E-state index contributed by atoms with van der Waals surface area (Å²) in [7, 11) is 0. The van der Waals surface area contributed by atoms with Crippen LogP contribution in [0.5, 0.6) is 0 Å². The molecule has 18 heavy (non-hydrogen) atoms. The molecule has 3 nitrogen and oxygen atoms in total. The molecule has 0 spiro atoms. The topological polar surface area (TPSA) is 34.1 Å². The molecule has 0 aliphatic heterocycles. The summed E-state index contributed by atoms with van der Waals surface area (Å²) in [5.74, 6) is 1.73. The maximum Gasteiger partial charge on any atom is 0.126 e. The molecule has 0 bridgehead atoms. The van der Waals surface area contributed by atoms with Crippen LogP contribution in [0, 0.1) is 5.92 Å². The molecule has 1 N–H and O–H groups in total. The Morgan fingerprint density at radius 2 is 2.17 bits per heavy atom. The van der Waals surface area contributed by atoms with E-state index in [-0.39, 0.29) is 0 Å². The van der Waals surface area contributed by atoms with Gasteiger partial charge in [-0.1, -0.05) is 19.3 Å². The van der Waals surface area contributed by atoms with Gasteiger partial charge >= 0.3 is 0 Å². The third kappa shape index (κ3) is 4.30. The van der Waals surface area contributed by atoms with Crippen LogP contribution in [-0.2, 0) is 11.3 Å². The van der Waals surface area contributed by atoms with E-state index in [0.717, 1.165) is 24.9 Å². The van der Waals surface area contributed by atoms with Crippen LogP contribution in [0.2, 0.25) is 0 Å². The number of aromatic nitrogens is 1. The van der Waals surface area contributed by atoms with E-state index in [0.29, 0.717) is 6.61 Å². The van der Waals surface area contributed by atoms with Crippen molar-refractivity contribution in [1.82, 2.24) is 4.98 Å². The fourth-order valence-corrected chi connectivity index (χ4v) is 2.54. The molecule has 1 saturated carbocycles. The van der Waals surface area contributed by atoms with Gasteiger partial charge in [0.15, 0.2) is 0 Å². The van der Waals surface area contributed by atoms with Gasteiger partial charge in [-0.15, -0.1) is 0 Å². The quantitative estimate of drug-likeness (QED) is 0.835. The Bertz CT molecular complexity index is 348. The molecule has 1 aromatic heterocycles. The lowest BCUT2D eigenvalue weighted by atomic mass is 9.90. The van der Waals surface area contributed by atoms with Crippen LogP contribution >= 0.6 is 0 Å². The lowest BCUT2D eigenvalue weighted by Crippen LogP contribution is -2.13. The minimum atomic E-state index is 0.706. The summed E-state index contributed by atoms with van der Waals surface area (Å²) in [5.41, 5.74) is 1.21. The second-order valence-electron chi connectivity index (χ2n) is 5.10. The molecule has 0 radical (unpaired) electrons. The highest BCUT2D eigenvalue weighted by molar-refractivity contribution is 5.36. The molecule has 0 aromatic carbocycles. The monoisotopic (exact) mass is 248 g/mol. The zero-order valence-electron chi connectivity index (χ0n) is 11.3. The normalized spacial score (nSPS) is 16.7. The van der Waals surface area contributed by atoms with Crippen LogP contribution in [0.15, 0.2) is 18.3 Å². The Kier molecular flexibility index (Phi) is 5.46. The minimum Gasteiger partial charge on any atom is -0.376 e. The molecule has 1 aromatic rings. The fourth-order valence-electron chi connectivity index (χ4n) is 2.54. The number of nitrogens with one attached hydrogen (secondary N) is 1. The predicted molar refractivity (Wildman–Crippen MR) is 74.6 cm³/mol. The molecule has 0 atom stereocenters. The van der Waals surface area contributed by atoms with Gasteiger partial charge in [0, 0.05) is 19.3 Å². The van der Waals surface area contributed by atoms with E-state index in [9.17, 15) is 0 Å². The van der Waals surface area contributed by atoms with Crippen molar-refractivity contribution in [3.8, 4) is 0 Å². The first kappa shape index (κ1) is 13.3. The van der Waals surface area contributed by atoms with Crippen molar-refractivity contribution in [1.29, 1.82) is 0 Å². The summed E-state index contributed by atoms with van der Waals surface area (Å²) in [4.78, 5) is 4.26. The molecule has 100 valence electrons. The van der Waals surface area contributed by atoms with E-state index in [1.165, 1.54) is 37.7 Å². The van der Waals surface area contributed by atoms with Gasteiger partial charge < -0.3 is 10.1 Å². The van der Waals surface area contributed by atoms with Gasteiger partial charge in [-0.05, 0) is 43.4 Å². The summed E-state index contributed by atoms with van der Waals surface area (Å²) in [5, 5.41) is 3.22. The number of ether oxygens (including phenoxy) is 1.